The molecule has 1 N–H and O–H groups in total. The molecule has 5 fully saturated rings. The topological polar surface area (TPSA) is 32.3 Å². The van der Waals surface area contributed by atoms with Crippen LogP contribution in [0.25, 0.3) is 0 Å². The van der Waals surface area contributed by atoms with Crippen LogP contribution in [0.5, 0.6) is 0 Å². The maximum atomic E-state index is 12.9. The third kappa shape index (κ3) is 2.20. The molecule has 2 saturated carbocycles. The Kier molecular flexibility index (Phi) is 3.06. The molecule has 5 rings (SSSR count). The Hall–Kier alpha value is -0.570. The van der Waals surface area contributed by atoms with E-state index in [0.29, 0.717) is 17.9 Å². The summed E-state index contributed by atoms with van der Waals surface area (Å²) in [6.07, 6.45) is 9.00. The van der Waals surface area contributed by atoms with Gasteiger partial charge in [-0.15, -0.1) is 0 Å². The van der Waals surface area contributed by atoms with E-state index in [4.69, 9.17) is 0 Å². The van der Waals surface area contributed by atoms with Crippen LogP contribution in [-0.4, -0.2) is 36.5 Å². The number of carbonyl (C=O) groups excluding carboxylic acids is 1. The summed E-state index contributed by atoms with van der Waals surface area (Å²) in [7, 11) is 0. The SMILES string of the molecule is O=C(C1CCNCC1)N1CC2CC3CC(C2)CC1C3. The fourth-order valence-electron chi connectivity index (χ4n) is 5.36. The molecule has 3 heteroatoms. The van der Waals surface area contributed by atoms with Crippen molar-refractivity contribution in [3.8, 4) is 0 Å². The average molecular weight is 262 g/mol. The number of nitrogens with zero attached hydrogens (tertiary/aromatic N) is 1. The van der Waals surface area contributed by atoms with Crippen molar-refractivity contribution in [3.63, 3.8) is 0 Å². The number of nitrogens with one attached hydrogen (secondary N) is 1. The molecule has 2 aliphatic carbocycles. The van der Waals surface area contributed by atoms with Gasteiger partial charge in [-0.05, 0) is 75.8 Å². The van der Waals surface area contributed by atoms with Crippen LogP contribution in [0.4, 0.5) is 0 Å². The standard InChI is InChI=1S/C16H26N2O/c19-16(14-1-3-17-4-2-14)18-10-13-6-11-5-12(7-13)9-15(18)8-11/h11-15,17H,1-10H2. The third-order valence-corrected chi connectivity index (χ3v) is 6.08. The van der Waals surface area contributed by atoms with Crippen LogP contribution in [0.3, 0.4) is 0 Å². The highest BCUT2D eigenvalue weighted by Gasteiger charge is 2.44. The average Bonchev–Trinajstić information content (AvgIpc) is 2.63. The maximum absolute atomic E-state index is 12.9. The first-order valence-electron chi connectivity index (χ1n) is 8.31. The van der Waals surface area contributed by atoms with Gasteiger partial charge in [0.25, 0.3) is 0 Å². The Morgan fingerprint density at radius 2 is 1.53 bits per heavy atom. The number of fused-ring (bicyclic) bond motifs is 1. The Labute approximate surface area is 116 Å². The van der Waals surface area contributed by atoms with Crippen molar-refractivity contribution in [2.75, 3.05) is 19.6 Å². The first kappa shape index (κ1) is 12.2. The molecule has 0 aromatic carbocycles. The second-order valence-corrected chi connectivity index (χ2v) is 7.45. The Morgan fingerprint density at radius 1 is 0.895 bits per heavy atom. The summed E-state index contributed by atoms with van der Waals surface area (Å²) in [5, 5.41) is 3.37. The highest BCUT2D eigenvalue weighted by molar-refractivity contribution is 5.79. The molecule has 3 heterocycles. The maximum Gasteiger partial charge on any atom is 0.226 e. The Morgan fingerprint density at radius 3 is 2.21 bits per heavy atom. The van der Waals surface area contributed by atoms with E-state index in [1.165, 1.54) is 32.1 Å². The van der Waals surface area contributed by atoms with Gasteiger partial charge in [0.2, 0.25) is 5.91 Å². The number of hydrogen-bond donors (Lipinski definition) is 1. The fraction of sp³-hybridized carbons (Fsp3) is 0.938. The van der Waals surface area contributed by atoms with Crippen molar-refractivity contribution in [1.82, 2.24) is 10.2 Å². The first-order chi connectivity index (χ1) is 9.29. The summed E-state index contributed by atoms with van der Waals surface area (Å²) in [6.45, 7) is 3.15. The van der Waals surface area contributed by atoms with Gasteiger partial charge < -0.3 is 10.2 Å². The minimum Gasteiger partial charge on any atom is -0.339 e. The third-order valence-electron chi connectivity index (χ3n) is 6.08. The van der Waals surface area contributed by atoms with Crippen LogP contribution in [0.2, 0.25) is 0 Å². The van der Waals surface area contributed by atoms with Crippen molar-refractivity contribution in [2.24, 2.45) is 23.7 Å². The first-order valence-corrected chi connectivity index (χ1v) is 8.31. The molecular weight excluding hydrogens is 236 g/mol. The van der Waals surface area contributed by atoms with Crippen LogP contribution < -0.4 is 5.32 Å². The molecule has 0 radical (unpaired) electrons. The van der Waals surface area contributed by atoms with Gasteiger partial charge in [0, 0.05) is 18.5 Å². The molecule has 0 aromatic heterocycles. The lowest BCUT2D eigenvalue weighted by Crippen LogP contribution is -2.47. The van der Waals surface area contributed by atoms with Crippen molar-refractivity contribution >= 4 is 5.91 Å². The largest absolute Gasteiger partial charge is 0.339 e. The number of piperidine rings is 1. The number of carbonyl (C=O) groups is 1. The van der Waals surface area contributed by atoms with Crippen molar-refractivity contribution < 1.29 is 4.79 Å². The fourth-order valence-corrected chi connectivity index (χ4v) is 5.36. The lowest BCUT2D eigenvalue weighted by molar-refractivity contribution is -0.139. The van der Waals surface area contributed by atoms with Gasteiger partial charge in [0.1, 0.15) is 0 Å². The van der Waals surface area contributed by atoms with Gasteiger partial charge in [-0.3, -0.25) is 4.79 Å². The van der Waals surface area contributed by atoms with Crippen LogP contribution >= 0.6 is 0 Å². The van der Waals surface area contributed by atoms with Gasteiger partial charge in [0.15, 0.2) is 0 Å². The van der Waals surface area contributed by atoms with E-state index >= 15 is 0 Å². The van der Waals surface area contributed by atoms with E-state index in [1.54, 1.807) is 0 Å². The summed E-state index contributed by atoms with van der Waals surface area (Å²) in [5.74, 6) is 3.51. The lowest BCUT2D eigenvalue weighted by Gasteiger charge is -2.39. The van der Waals surface area contributed by atoms with Crippen LogP contribution in [0.15, 0.2) is 0 Å². The molecule has 19 heavy (non-hydrogen) atoms. The number of amides is 1. The van der Waals surface area contributed by atoms with Crippen molar-refractivity contribution in [2.45, 2.75) is 51.0 Å². The second kappa shape index (κ2) is 4.76. The van der Waals surface area contributed by atoms with E-state index in [0.717, 1.165) is 50.2 Å². The summed E-state index contributed by atoms with van der Waals surface area (Å²) in [6, 6.07) is 0.596. The van der Waals surface area contributed by atoms with Crippen molar-refractivity contribution in [3.05, 3.63) is 0 Å². The lowest BCUT2D eigenvalue weighted by atomic mass is 9.68. The second-order valence-electron chi connectivity index (χ2n) is 7.45. The minimum atomic E-state index is 0.317. The van der Waals surface area contributed by atoms with Gasteiger partial charge in [0.05, 0.1) is 0 Å². The van der Waals surface area contributed by atoms with Gasteiger partial charge in [-0.2, -0.15) is 0 Å². The van der Waals surface area contributed by atoms with E-state index in [-0.39, 0.29) is 0 Å². The molecule has 0 aromatic rings. The zero-order chi connectivity index (χ0) is 12.8. The highest BCUT2D eigenvalue weighted by Crippen LogP contribution is 2.47. The van der Waals surface area contributed by atoms with E-state index < -0.39 is 0 Å². The monoisotopic (exact) mass is 262 g/mol. The zero-order valence-corrected chi connectivity index (χ0v) is 11.8. The van der Waals surface area contributed by atoms with Gasteiger partial charge >= 0.3 is 0 Å². The predicted molar refractivity (Wildman–Crippen MR) is 74.6 cm³/mol. The molecule has 3 nitrogen and oxygen atoms in total. The zero-order valence-electron chi connectivity index (χ0n) is 11.8. The Bertz CT molecular complexity index is 350. The molecule has 4 bridgehead atoms. The van der Waals surface area contributed by atoms with E-state index in [1.807, 2.05) is 0 Å². The summed E-state index contributed by atoms with van der Waals surface area (Å²) in [5.41, 5.74) is 0. The smallest absolute Gasteiger partial charge is 0.226 e. The molecule has 2 atom stereocenters. The predicted octanol–water partition coefficient (Wildman–Crippen LogP) is 2.02. The normalized spacial score (nSPS) is 42.4. The molecular formula is C16H26N2O. The van der Waals surface area contributed by atoms with Crippen LogP contribution in [-0.2, 0) is 4.79 Å². The van der Waals surface area contributed by atoms with Crippen LogP contribution in [0.1, 0.15) is 44.9 Å². The van der Waals surface area contributed by atoms with Crippen LogP contribution in [0, 0.1) is 23.7 Å². The summed E-state index contributed by atoms with van der Waals surface area (Å²) >= 11 is 0. The van der Waals surface area contributed by atoms with Gasteiger partial charge in [-0.1, -0.05) is 0 Å². The Balaban J connectivity index is 1.52. The van der Waals surface area contributed by atoms with Crippen molar-refractivity contribution in [1.29, 1.82) is 0 Å². The molecule has 5 aliphatic rings. The minimum absolute atomic E-state index is 0.317. The molecule has 2 unspecified atom stereocenters. The molecule has 0 spiro atoms. The number of hydrogen-bond acceptors (Lipinski definition) is 2. The van der Waals surface area contributed by atoms with E-state index in [2.05, 4.69) is 10.2 Å². The molecule has 3 saturated heterocycles. The number of rotatable bonds is 1. The highest BCUT2D eigenvalue weighted by atomic mass is 16.2. The van der Waals surface area contributed by atoms with Gasteiger partial charge in [-0.25, -0.2) is 0 Å². The van der Waals surface area contributed by atoms with E-state index in [9.17, 15) is 4.79 Å². The summed E-state index contributed by atoms with van der Waals surface area (Å²) in [4.78, 5) is 15.2. The molecule has 106 valence electrons. The summed E-state index contributed by atoms with van der Waals surface area (Å²) < 4.78 is 0. The quantitative estimate of drug-likeness (QED) is 0.784. The molecule has 3 aliphatic heterocycles. The molecule has 1 amide bonds.